The zero-order valence-corrected chi connectivity index (χ0v) is 18.0. The number of benzene rings is 2. The van der Waals surface area contributed by atoms with E-state index in [9.17, 15) is 16.8 Å². The molecule has 29 heavy (non-hydrogen) atoms. The Balaban J connectivity index is 1.89. The van der Waals surface area contributed by atoms with Crippen LogP contribution in [0.15, 0.2) is 53.4 Å². The summed E-state index contributed by atoms with van der Waals surface area (Å²) in [7, 11) is -6.34. The van der Waals surface area contributed by atoms with Gasteiger partial charge in [0.25, 0.3) is 10.0 Å². The summed E-state index contributed by atoms with van der Waals surface area (Å²) < 4.78 is 62.6. The van der Waals surface area contributed by atoms with E-state index in [0.717, 1.165) is 12.8 Å². The van der Waals surface area contributed by atoms with Gasteiger partial charge in [0, 0.05) is 18.8 Å². The number of ether oxygens (including phenoxy) is 1. The van der Waals surface area contributed by atoms with E-state index in [1.54, 1.807) is 30.3 Å². The van der Waals surface area contributed by atoms with E-state index in [1.807, 2.05) is 6.92 Å². The highest BCUT2D eigenvalue weighted by molar-refractivity contribution is 7.92. The number of anilines is 2. The van der Waals surface area contributed by atoms with Crippen molar-refractivity contribution in [3.05, 3.63) is 48.5 Å². The number of piperidine rings is 1. The van der Waals surface area contributed by atoms with Gasteiger partial charge in [0.15, 0.2) is 0 Å². The Hall–Kier alpha value is -2.30. The Morgan fingerprint density at radius 2 is 1.76 bits per heavy atom. The molecule has 1 saturated heterocycles. The molecule has 2 aromatic rings. The minimum absolute atomic E-state index is 0.0710. The quantitative estimate of drug-likeness (QED) is 0.690. The van der Waals surface area contributed by atoms with Crippen molar-refractivity contribution < 1.29 is 21.6 Å². The highest BCUT2D eigenvalue weighted by Crippen LogP contribution is 2.30. The molecule has 1 fully saturated rings. The molecule has 1 aliphatic rings. The SMILES string of the molecule is COc1ccc(S(=O)(=O)Nc2ccccc2)cc1NS(=O)(=O)N1CCCC(C)C1. The minimum atomic E-state index is -3.90. The van der Waals surface area contributed by atoms with E-state index < -0.39 is 20.2 Å². The molecule has 0 saturated carbocycles. The standard InChI is InChI=1S/C19H25N3O5S2/c1-15-7-6-12-22(14-15)29(25,26)21-18-13-17(10-11-19(18)27-2)28(23,24)20-16-8-4-3-5-9-16/h3-5,8-11,13,15,20-21H,6-7,12,14H2,1-2H3. The van der Waals surface area contributed by atoms with Gasteiger partial charge < -0.3 is 4.74 Å². The Labute approximate surface area is 172 Å². The highest BCUT2D eigenvalue weighted by Gasteiger charge is 2.28. The number of nitrogens with zero attached hydrogens (tertiary/aromatic N) is 1. The predicted molar refractivity (Wildman–Crippen MR) is 113 cm³/mol. The average molecular weight is 440 g/mol. The highest BCUT2D eigenvalue weighted by atomic mass is 32.2. The zero-order chi connectivity index (χ0) is 21.1. The van der Waals surface area contributed by atoms with Gasteiger partial charge in [-0.15, -0.1) is 0 Å². The van der Waals surface area contributed by atoms with Crippen LogP contribution in [0.2, 0.25) is 0 Å². The Bertz CT molecular complexity index is 1060. The molecule has 2 N–H and O–H groups in total. The van der Waals surface area contributed by atoms with Crippen molar-refractivity contribution in [1.82, 2.24) is 4.31 Å². The number of sulfonamides is 1. The number of hydrogen-bond donors (Lipinski definition) is 2. The van der Waals surface area contributed by atoms with Crippen LogP contribution in [0.5, 0.6) is 5.75 Å². The molecule has 0 amide bonds. The zero-order valence-electron chi connectivity index (χ0n) is 16.3. The smallest absolute Gasteiger partial charge is 0.301 e. The van der Waals surface area contributed by atoms with Crippen molar-refractivity contribution in [3.63, 3.8) is 0 Å². The van der Waals surface area contributed by atoms with Gasteiger partial charge in [0.2, 0.25) is 0 Å². The molecule has 0 aliphatic carbocycles. The molecule has 1 heterocycles. The number of nitrogens with one attached hydrogen (secondary N) is 2. The third-order valence-electron chi connectivity index (χ3n) is 4.71. The normalized spacial score (nSPS) is 18.2. The fourth-order valence-corrected chi connectivity index (χ4v) is 5.69. The number of methoxy groups -OCH3 is 1. The van der Waals surface area contributed by atoms with E-state index in [4.69, 9.17) is 4.74 Å². The molecule has 0 aromatic heterocycles. The molecule has 8 nitrogen and oxygen atoms in total. The third-order valence-corrected chi connectivity index (χ3v) is 7.57. The van der Waals surface area contributed by atoms with E-state index in [0.29, 0.717) is 18.8 Å². The molecule has 1 atom stereocenters. The lowest BCUT2D eigenvalue weighted by Crippen LogP contribution is -2.42. The largest absolute Gasteiger partial charge is 0.495 e. The maximum absolute atomic E-state index is 12.8. The first-order valence-corrected chi connectivity index (χ1v) is 12.2. The average Bonchev–Trinajstić information content (AvgIpc) is 2.68. The van der Waals surface area contributed by atoms with Crippen LogP contribution in [0.1, 0.15) is 19.8 Å². The van der Waals surface area contributed by atoms with Crippen molar-refractivity contribution in [2.24, 2.45) is 5.92 Å². The molecule has 1 unspecified atom stereocenters. The van der Waals surface area contributed by atoms with Crippen molar-refractivity contribution in [2.75, 3.05) is 29.6 Å². The van der Waals surface area contributed by atoms with Crippen molar-refractivity contribution in [1.29, 1.82) is 0 Å². The van der Waals surface area contributed by atoms with Crippen LogP contribution in [0.3, 0.4) is 0 Å². The second-order valence-corrected chi connectivity index (χ2v) is 10.4. The van der Waals surface area contributed by atoms with Crippen LogP contribution in [-0.2, 0) is 20.2 Å². The number of para-hydroxylation sites is 1. The molecule has 0 radical (unpaired) electrons. The number of hydrogen-bond acceptors (Lipinski definition) is 5. The summed E-state index contributed by atoms with van der Waals surface area (Å²) in [5.74, 6) is 0.501. The molecule has 2 aromatic carbocycles. The summed E-state index contributed by atoms with van der Waals surface area (Å²) in [6.07, 6.45) is 1.77. The minimum Gasteiger partial charge on any atom is -0.495 e. The lowest BCUT2D eigenvalue weighted by atomic mass is 10.0. The van der Waals surface area contributed by atoms with Gasteiger partial charge in [-0.05, 0) is 49.1 Å². The van der Waals surface area contributed by atoms with Crippen LogP contribution in [0.25, 0.3) is 0 Å². The monoisotopic (exact) mass is 439 g/mol. The predicted octanol–water partition coefficient (Wildman–Crippen LogP) is 2.88. The molecule has 158 valence electrons. The molecule has 0 spiro atoms. The number of rotatable bonds is 7. The maximum Gasteiger partial charge on any atom is 0.301 e. The van der Waals surface area contributed by atoms with E-state index in [1.165, 1.54) is 29.6 Å². The Morgan fingerprint density at radius 1 is 1.03 bits per heavy atom. The summed E-state index contributed by atoms with van der Waals surface area (Å²) in [4.78, 5) is -0.0770. The molecule has 10 heteroatoms. The second kappa shape index (κ2) is 8.60. The fraction of sp³-hybridized carbons (Fsp3) is 0.368. The van der Waals surface area contributed by atoms with Crippen molar-refractivity contribution in [2.45, 2.75) is 24.7 Å². The fourth-order valence-electron chi connectivity index (χ4n) is 3.22. The van der Waals surface area contributed by atoms with Gasteiger partial charge in [-0.1, -0.05) is 25.1 Å². The van der Waals surface area contributed by atoms with Crippen LogP contribution in [-0.4, -0.2) is 41.3 Å². The van der Waals surface area contributed by atoms with E-state index in [2.05, 4.69) is 9.44 Å². The van der Waals surface area contributed by atoms with Gasteiger partial charge >= 0.3 is 10.2 Å². The topological polar surface area (TPSA) is 105 Å². The molecular formula is C19H25N3O5S2. The van der Waals surface area contributed by atoms with Gasteiger partial charge in [-0.2, -0.15) is 12.7 Å². The maximum atomic E-state index is 12.8. The van der Waals surface area contributed by atoms with Gasteiger partial charge in [0.05, 0.1) is 17.7 Å². The van der Waals surface area contributed by atoms with Gasteiger partial charge in [-0.3, -0.25) is 9.44 Å². The second-order valence-electron chi connectivity index (χ2n) is 7.05. The lowest BCUT2D eigenvalue weighted by Gasteiger charge is -2.30. The summed E-state index contributed by atoms with van der Waals surface area (Å²) >= 11 is 0. The third kappa shape index (κ3) is 5.20. The Kier molecular flexibility index (Phi) is 6.35. The summed E-state index contributed by atoms with van der Waals surface area (Å²) in [6, 6.07) is 12.5. The molecular weight excluding hydrogens is 414 g/mol. The van der Waals surface area contributed by atoms with E-state index >= 15 is 0 Å². The van der Waals surface area contributed by atoms with Gasteiger partial charge in [0.1, 0.15) is 5.75 Å². The van der Waals surface area contributed by atoms with Crippen LogP contribution in [0, 0.1) is 5.92 Å². The first-order valence-electron chi connectivity index (χ1n) is 9.25. The Morgan fingerprint density at radius 3 is 2.41 bits per heavy atom. The van der Waals surface area contributed by atoms with Crippen LogP contribution < -0.4 is 14.2 Å². The lowest BCUT2D eigenvalue weighted by molar-refractivity contribution is 0.282. The summed E-state index contributed by atoms with van der Waals surface area (Å²) in [5, 5.41) is 0. The van der Waals surface area contributed by atoms with Gasteiger partial charge in [-0.25, -0.2) is 8.42 Å². The molecule has 1 aliphatic heterocycles. The summed E-state index contributed by atoms with van der Waals surface area (Å²) in [5.41, 5.74) is 0.481. The molecule has 3 rings (SSSR count). The van der Waals surface area contributed by atoms with Crippen LogP contribution >= 0.6 is 0 Å². The summed E-state index contributed by atoms with van der Waals surface area (Å²) in [6.45, 7) is 2.85. The van der Waals surface area contributed by atoms with E-state index in [-0.39, 0.29) is 22.3 Å². The first-order chi connectivity index (χ1) is 13.7. The first kappa shape index (κ1) is 21.4. The molecule has 0 bridgehead atoms. The van der Waals surface area contributed by atoms with Crippen molar-refractivity contribution in [3.8, 4) is 5.75 Å². The van der Waals surface area contributed by atoms with Crippen LogP contribution in [0.4, 0.5) is 11.4 Å². The van der Waals surface area contributed by atoms with Crippen molar-refractivity contribution >= 4 is 31.6 Å².